The van der Waals surface area contributed by atoms with Crippen molar-refractivity contribution in [2.24, 2.45) is 0 Å². The van der Waals surface area contributed by atoms with E-state index in [0.717, 1.165) is 16.6 Å². The number of carbonyl (C=O) groups excluding carboxylic acids is 2. The van der Waals surface area contributed by atoms with Crippen molar-refractivity contribution < 1.29 is 14.3 Å². The first kappa shape index (κ1) is 17.6. The van der Waals surface area contributed by atoms with E-state index in [4.69, 9.17) is 9.72 Å². The summed E-state index contributed by atoms with van der Waals surface area (Å²) in [7, 11) is 1.30. The van der Waals surface area contributed by atoms with E-state index in [2.05, 4.69) is 10.3 Å². The molecule has 0 bridgehead atoms. The van der Waals surface area contributed by atoms with E-state index in [1.54, 1.807) is 36.4 Å². The summed E-state index contributed by atoms with van der Waals surface area (Å²) in [5.74, 6) is -0.889. The van der Waals surface area contributed by atoms with Crippen LogP contribution in [0.15, 0.2) is 60.7 Å². The number of nitrogens with one attached hydrogen (secondary N) is 1. The van der Waals surface area contributed by atoms with Gasteiger partial charge in [-0.3, -0.25) is 4.79 Å². The Balaban J connectivity index is 1.80. The van der Waals surface area contributed by atoms with E-state index < -0.39 is 5.97 Å². The Bertz CT molecular complexity index is 1230. The number of anilines is 1. The van der Waals surface area contributed by atoms with Gasteiger partial charge in [-0.2, -0.15) is 0 Å². The van der Waals surface area contributed by atoms with Crippen LogP contribution in [0.5, 0.6) is 0 Å². The van der Waals surface area contributed by atoms with Gasteiger partial charge in [-0.25, -0.2) is 14.8 Å². The predicted molar refractivity (Wildman–Crippen MR) is 108 cm³/mol. The standard InChI is InChI=1S/C22H17N3O3/c1-13-7-5-11-17-19(13)25-20-15(9-6-12-18(20)23-17)21(26)24-16-10-4-3-8-14(16)22(27)28-2/h3-12H,1-2H3,(H,24,26). The van der Waals surface area contributed by atoms with Gasteiger partial charge in [-0.15, -0.1) is 0 Å². The summed E-state index contributed by atoms with van der Waals surface area (Å²) in [4.78, 5) is 34.3. The number of aromatic nitrogens is 2. The topological polar surface area (TPSA) is 81.2 Å². The zero-order valence-corrected chi connectivity index (χ0v) is 15.4. The highest BCUT2D eigenvalue weighted by Crippen LogP contribution is 2.23. The predicted octanol–water partition coefficient (Wildman–Crippen LogP) is 4.13. The molecule has 1 amide bonds. The number of carbonyl (C=O) groups is 2. The average molecular weight is 371 g/mol. The zero-order chi connectivity index (χ0) is 19.7. The van der Waals surface area contributed by atoms with E-state index in [9.17, 15) is 9.59 Å². The third kappa shape index (κ3) is 3.05. The molecule has 0 atom stereocenters. The van der Waals surface area contributed by atoms with E-state index >= 15 is 0 Å². The van der Waals surface area contributed by atoms with Gasteiger partial charge >= 0.3 is 5.97 Å². The third-order valence-electron chi connectivity index (χ3n) is 4.52. The van der Waals surface area contributed by atoms with E-state index in [-0.39, 0.29) is 11.5 Å². The normalized spacial score (nSPS) is 10.8. The summed E-state index contributed by atoms with van der Waals surface area (Å²) in [6.45, 7) is 1.96. The molecule has 0 aliphatic carbocycles. The molecule has 0 fully saturated rings. The summed E-state index contributed by atoms with van der Waals surface area (Å²) in [6, 6.07) is 17.8. The second-order valence-corrected chi connectivity index (χ2v) is 6.33. The Kier molecular flexibility index (Phi) is 4.45. The van der Waals surface area contributed by atoms with E-state index in [0.29, 0.717) is 22.3 Å². The third-order valence-corrected chi connectivity index (χ3v) is 4.52. The first-order valence-electron chi connectivity index (χ1n) is 8.73. The van der Waals surface area contributed by atoms with Crippen molar-refractivity contribution in [3.05, 3.63) is 77.4 Å². The summed E-state index contributed by atoms with van der Waals surface area (Å²) in [5, 5.41) is 2.79. The van der Waals surface area contributed by atoms with Gasteiger partial charge in [0.1, 0.15) is 5.52 Å². The van der Waals surface area contributed by atoms with Crippen molar-refractivity contribution in [2.45, 2.75) is 6.92 Å². The molecule has 0 spiro atoms. The smallest absolute Gasteiger partial charge is 0.339 e. The molecule has 4 aromatic rings. The molecule has 4 rings (SSSR count). The fraction of sp³-hybridized carbons (Fsp3) is 0.0909. The number of esters is 1. The van der Waals surface area contributed by atoms with E-state index in [1.807, 2.05) is 31.2 Å². The first-order chi connectivity index (χ1) is 13.6. The average Bonchev–Trinajstić information content (AvgIpc) is 2.72. The quantitative estimate of drug-likeness (QED) is 0.433. The van der Waals surface area contributed by atoms with Crippen LogP contribution in [0.2, 0.25) is 0 Å². The molecule has 0 radical (unpaired) electrons. The molecule has 1 aromatic heterocycles. The van der Waals surface area contributed by atoms with Crippen LogP contribution >= 0.6 is 0 Å². The maximum absolute atomic E-state index is 13.0. The Morgan fingerprint density at radius 1 is 0.821 bits per heavy atom. The van der Waals surface area contributed by atoms with Crippen molar-refractivity contribution in [3.8, 4) is 0 Å². The highest BCUT2D eigenvalue weighted by Gasteiger charge is 2.17. The monoisotopic (exact) mass is 371 g/mol. The maximum Gasteiger partial charge on any atom is 0.339 e. The van der Waals surface area contributed by atoms with Gasteiger partial charge in [-0.1, -0.05) is 30.3 Å². The van der Waals surface area contributed by atoms with Crippen LogP contribution < -0.4 is 5.32 Å². The molecule has 1 heterocycles. The Morgan fingerprint density at radius 2 is 1.50 bits per heavy atom. The number of aryl methyl sites for hydroxylation is 1. The van der Waals surface area contributed by atoms with Crippen molar-refractivity contribution in [1.82, 2.24) is 9.97 Å². The molecule has 3 aromatic carbocycles. The van der Waals surface area contributed by atoms with Crippen molar-refractivity contribution >= 4 is 39.6 Å². The number of nitrogens with zero attached hydrogens (tertiary/aromatic N) is 2. The molecule has 0 aliphatic rings. The molecule has 6 nitrogen and oxygen atoms in total. The second-order valence-electron chi connectivity index (χ2n) is 6.33. The Hall–Kier alpha value is -3.80. The molecule has 0 aliphatic heterocycles. The number of amides is 1. The lowest BCUT2D eigenvalue weighted by molar-refractivity contribution is 0.0602. The molecule has 138 valence electrons. The summed E-state index contributed by atoms with van der Waals surface area (Å²) in [5.41, 5.74) is 4.70. The first-order valence-corrected chi connectivity index (χ1v) is 8.73. The highest BCUT2D eigenvalue weighted by atomic mass is 16.5. The molecule has 0 unspecified atom stereocenters. The minimum atomic E-state index is -0.518. The van der Waals surface area contributed by atoms with Gasteiger partial charge in [0, 0.05) is 0 Å². The van der Waals surface area contributed by atoms with E-state index in [1.165, 1.54) is 7.11 Å². The number of methoxy groups -OCH3 is 1. The second kappa shape index (κ2) is 7.08. The van der Waals surface area contributed by atoms with Crippen molar-refractivity contribution in [3.63, 3.8) is 0 Å². The molecule has 28 heavy (non-hydrogen) atoms. The van der Waals surface area contributed by atoms with Crippen LogP contribution in [0, 0.1) is 6.92 Å². The number of ether oxygens (including phenoxy) is 1. The maximum atomic E-state index is 13.0. The van der Waals surface area contributed by atoms with Gasteiger partial charge < -0.3 is 10.1 Å². The highest BCUT2D eigenvalue weighted by molar-refractivity contribution is 6.13. The molecular formula is C22H17N3O3. The van der Waals surface area contributed by atoms with Crippen molar-refractivity contribution in [1.29, 1.82) is 0 Å². The van der Waals surface area contributed by atoms with Crippen LogP contribution in [-0.4, -0.2) is 29.0 Å². The number of fused-ring (bicyclic) bond motifs is 2. The zero-order valence-electron chi connectivity index (χ0n) is 15.4. The fourth-order valence-electron chi connectivity index (χ4n) is 3.11. The Labute approximate surface area is 161 Å². The molecular weight excluding hydrogens is 354 g/mol. The Morgan fingerprint density at radius 3 is 2.29 bits per heavy atom. The summed E-state index contributed by atoms with van der Waals surface area (Å²) >= 11 is 0. The minimum Gasteiger partial charge on any atom is -0.465 e. The van der Waals surface area contributed by atoms with Gasteiger partial charge in [0.25, 0.3) is 5.91 Å². The van der Waals surface area contributed by atoms with Crippen molar-refractivity contribution in [2.75, 3.05) is 12.4 Å². The van der Waals surface area contributed by atoms with Gasteiger partial charge in [0.2, 0.25) is 0 Å². The lowest BCUT2D eigenvalue weighted by atomic mass is 10.1. The molecule has 0 saturated carbocycles. The molecule has 1 N–H and O–H groups in total. The van der Waals surface area contributed by atoms with Crippen LogP contribution in [-0.2, 0) is 4.74 Å². The number of hydrogen-bond donors (Lipinski definition) is 1. The largest absolute Gasteiger partial charge is 0.465 e. The SMILES string of the molecule is COC(=O)c1ccccc1NC(=O)c1cccc2nc3cccc(C)c3nc12. The van der Waals surface area contributed by atoms with Crippen LogP contribution in [0.4, 0.5) is 5.69 Å². The van der Waals surface area contributed by atoms with Crippen LogP contribution in [0.25, 0.3) is 22.1 Å². The lowest BCUT2D eigenvalue weighted by Gasteiger charge is -2.11. The van der Waals surface area contributed by atoms with Gasteiger partial charge in [0.15, 0.2) is 0 Å². The number of benzene rings is 3. The van der Waals surface area contributed by atoms with Crippen LogP contribution in [0.3, 0.4) is 0 Å². The summed E-state index contributed by atoms with van der Waals surface area (Å²) < 4.78 is 4.78. The lowest BCUT2D eigenvalue weighted by Crippen LogP contribution is -2.16. The number of hydrogen-bond acceptors (Lipinski definition) is 5. The number of rotatable bonds is 3. The van der Waals surface area contributed by atoms with Gasteiger partial charge in [0.05, 0.1) is 40.5 Å². The summed E-state index contributed by atoms with van der Waals surface area (Å²) in [6.07, 6.45) is 0. The van der Waals surface area contributed by atoms with Crippen LogP contribution in [0.1, 0.15) is 26.3 Å². The molecule has 0 saturated heterocycles. The minimum absolute atomic E-state index is 0.283. The number of para-hydroxylation sites is 3. The fourth-order valence-corrected chi connectivity index (χ4v) is 3.11. The van der Waals surface area contributed by atoms with Gasteiger partial charge in [-0.05, 0) is 42.8 Å². The molecule has 6 heteroatoms.